The second-order valence-corrected chi connectivity index (χ2v) is 5.44. The fourth-order valence-corrected chi connectivity index (χ4v) is 2.74. The van der Waals surface area contributed by atoms with Gasteiger partial charge in [0.05, 0.1) is 19.8 Å². The van der Waals surface area contributed by atoms with Crippen molar-refractivity contribution in [2.24, 2.45) is 10.7 Å². The Labute approximate surface area is 142 Å². The SMILES string of the molecule is CSc1cc(C)ccc1CN=C(N)N1CCOCC1.I. The van der Waals surface area contributed by atoms with Crippen molar-refractivity contribution >= 4 is 41.7 Å². The van der Waals surface area contributed by atoms with E-state index in [2.05, 4.69) is 41.3 Å². The summed E-state index contributed by atoms with van der Waals surface area (Å²) in [5.74, 6) is 0.621. The molecule has 0 amide bonds. The van der Waals surface area contributed by atoms with Crippen molar-refractivity contribution in [1.82, 2.24) is 4.90 Å². The van der Waals surface area contributed by atoms with Crippen LogP contribution < -0.4 is 5.73 Å². The van der Waals surface area contributed by atoms with Crippen LogP contribution in [-0.2, 0) is 11.3 Å². The fraction of sp³-hybridized carbons (Fsp3) is 0.500. The molecule has 0 radical (unpaired) electrons. The second-order valence-electron chi connectivity index (χ2n) is 4.59. The minimum Gasteiger partial charge on any atom is -0.378 e. The van der Waals surface area contributed by atoms with Gasteiger partial charge in [0, 0.05) is 18.0 Å². The van der Waals surface area contributed by atoms with Gasteiger partial charge in [0.2, 0.25) is 0 Å². The van der Waals surface area contributed by atoms with Crippen LogP contribution in [0.15, 0.2) is 28.1 Å². The normalized spacial score (nSPS) is 15.9. The van der Waals surface area contributed by atoms with Crippen LogP contribution in [0.3, 0.4) is 0 Å². The summed E-state index contributed by atoms with van der Waals surface area (Å²) in [6.07, 6.45) is 2.09. The van der Waals surface area contributed by atoms with Crippen LogP contribution in [0.5, 0.6) is 0 Å². The third-order valence-electron chi connectivity index (χ3n) is 3.19. The lowest BCUT2D eigenvalue weighted by molar-refractivity contribution is 0.0674. The zero-order valence-electron chi connectivity index (χ0n) is 12.0. The number of hydrogen-bond donors (Lipinski definition) is 1. The standard InChI is InChI=1S/C14H21N3OS.HI/c1-11-3-4-12(13(9-11)19-2)10-16-14(15)17-5-7-18-8-6-17;/h3-4,9H,5-8,10H2,1-2H3,(H2,15,16);1H. The molecule has 0 spiro atoms. The average molecular weight is 407 g/mol. The Balaban J connectivity index is 0.00000200. The molecular formula is C14H22IN3OS. The maximum absolute atomic E-state index is 6.03. The summed E-state index contributed by atoms with van der Waals surface area (Å²) in [4.78, 5) is 7.86. The number of aryl methyl sites for hydroxylation is 1. The molecule has 0 aliphatic carbocycles. The molecule has 1 aromatic carbocycles. The van der Waals surface area contributed by atoms with Crippen LogP contribution in [0.1, 0.15) is 11.1 Å². The van der Waals surface area contributed by atoms with E-state index in [1.165, 1.54) is 16.0 Å². The molecule has 2 N–H and O–H groups in total. The number of hydrogen-bond acceptors (Lipinski definition) is 3. The summed E-state index contributed by atoms with van der Waals surface area (Å²) in [5.41, 5.74) is 8.54. The van der Waals surface area contributed by atoms with Crippen LogP contribution in [0.25, 0.3) is 0 Å². The number of nitrogens with two attached hydrogens (primary N) is 1. The summed E-state index contributed by atoms with van der Waals surface area (Å²) < 4.78 is 5.31. The third-order valence-corrected chi connectivity index (χ3v) is 4.01. The molecule has 0 atom stereocenters. The predicted octanol–water partition coefficient (Wildman–Crippen LogP) is 2.48. The van der Waals surface area contributed by atoms with E-state index in [1.54, 1.807) is 11.8 Å². The summed E-state index contributed by atoms with van der Waals surface area (Å²) in [5, 5.41) is 0. The smallest absolute Gasteiger partial charge is 0.191 e. The summed E-state index contributed by atoms with van der Waals surface area (Å²) >= 11 is 1.75. The highest BCUT2D eigenvalue weighted by Gasteiger charge is 2.12. The molecule has 0 aromatic heterocycles. The zero-order chi connectivity index (χ0) is 13.7. The summed E-state index contributed by atoms with van der Waals surface area (Å²) in [6.45, 7) is 5.87. The lowest BCUT2D eigenvalue weighted by Gasteiger charge is -2.27. The minimum atomic E-state index is 0. The topological polar surface area (TPSA) is 50.8 Å². The van der Waals surface area contributed by atoms with E-state index in [1.807, 2.05) is 0 Å². The Morgan fingerprint density at radius 3 is 2.75 bits per heavy atom. The number of ether oxygens (including phenoxy) is 1. The van der Waals surface area contributed by atoms with Crippen molar-refractivity contribution in [1.29, 1.82) is 0 Å². The van der Waals surface area contributed by atoms with Gasteiger partial charge in [-0.1, -0.05) is 12.1 Å². The van der Waals surface area contributed by atoms with E-state index in [9.17, 15) is 0 Å². The quantitative estimate of drug-likeness (QED) is 0.362. The molecule has 1 heterocycles. The Morgan fingerprint density at radius 2 is 2.10 bits per heavy atom. The van der Waals surface area contributed by atoms with E-state index in [0.29, 0.717) is 12.5 Å². The van der Waals surface area contributed by atoms with Crippen molar-refractivity contribution in [3.8, 4) is 0 Å². The molecule has 112 valence electrons. The first-order chi connectivity index (χ1) is 9.20. The van der Waals surface area contributed by atoms with Crippen LogP contribution >= 0.6 is 35.7 Å². The Morgan fingerprint density at radius 1 is 1.40 bits per heavy atom. The van der Waals surface area contributed by atoms with Gasteiger partial charge in [0.15, 0.2) is 5.96 Å². The lowest BCUT2D eigenvalue weighted by atomic mass is 10.1. The van der Waals surface area contributed by atoms with E-state index < -0.39 is 0 Å². The van der Waals surface area contributed by atoms with Gasteiger partial charge in [-0.05, 0) is 30.4 Å². The van der Waals surface area contributed by atoms with Gasteiger partial charge in [-0.25, -0.2) is 4.99 Å². The zero-order valence-corrected chi connectivity index (χ0v) is 15.1. The molecule has 4 nitrogen and oxygen atoms in total. The van der Waals surface area contributed by atoms with E-state index in [0.717, 1.165) is 26.3 Å². The number of rotatable bonds is 3. The van der Waals surface area contributed by atoms with Crippen molar-refractivity contribution in [2.75, 3.05) is 32.6 Å². The second kappa shape index (κ2) is 8.74. The van der Waals surface area contributed by atoms with Crippen molar-refractivity contribution < 1.29 is 4.74 Å². The maximum Gasteiger partial charge on any atom is 0.191 e. The number of benzene rings is 1. The van der Waals surface area contributed by atoms with Gasteiger partial charge >= 0.3 is 0 Å². The van der Waals surface area contributed by atoms with E-state index in [-0.39, 0.29) is 24.0 Å². The van der Waals surface area contributed by atoms with Gasteiger partial charge in [-0.15, -0.1) is 35.7 Å². The first-order valence-electron chi connectivity index (χ1n) is 6.47. The predicted molar refractivity (Wildman–Crippen MR) is 96.1 cm³/mol. The highest BCUT2D eigenvalue weighted by atomic mass is 127. The molecular weight excluding hydrogens is 385 g/mol. The van der Waals surface area contributed by atoms with Gasteiger partial charge < -0.3 is 15.4 Å². The minimum absolute atomic E-state index is 0. The van der Waals surface area contributed by atoms with Gasteiger partial charge in [0.25, 0.3) is 0 Å². The molecule has 1 aliphatic heterocycles. The first-order valence-corrected chi connectivity index (χ1v) is 7.69. The Bertz CT molecular complexity index is 462. The van der Waals surface area contributed by atoms with Gasteiger partial charge in [-0.3, -0.25) is 0 Å². The van der Waals surface area contributed by atoms with E-state index in [4.69, 9.17) is 10.5 Å². The molecule has 2 rings (SSSR count). The van der Waals surface area contributed by atoms with Gasteiger partial charge in [0.1, 0.15) is 0 Å². The Hall–Kier alpha value is -0.470. The number of nitrogens with zero attached hydrogens (tertiary/aromatic N) is 2. The largest absolute Gasteiger partial charge is 0.378 e. The monoisotopic (exact) mass is 407 g/mol. The first kappa shape index (κ1) is 17.6. The number of halogens is 1. The molecule has 1 fully saturated rings. The molecule has 20 heavy (non-hydrogen) atoms. The molecule has 0 bridgehead atoms. The number of thioether (sulfide) groups is 1. The van der Waals surface area contributed by atoms with Crippen molar-refractivity contribution in [3.05, 3.63) is 29.3 Å². The molecule has 0 unspecified atom stereocenters. The summed E-state index contributed by atoms with van der Waals surface area (Å²) in [6, 6.07) is 6.45. The highest BCUT2D eigenvalue weighted by molar-refractivity contribution is 14.0. The molecule has 0 saturated carbocycles. The van der Waals surface area contributed by atoms with Crippen LogP contribution in [0.4, 0.5) is 0 Å². The van der Waals surface area contributed by atoms with E-state index >= 15 is 0 Å². The molecule has 1 aromatic rings. The number of guanidine groups is 1. The lowest BCUT2D eigenvalue weighted by Crippen LogP contribution is -2.44. The summed E-state index contributed by atoms with van der Waals surface area (Å²) in [7, 11) is 0. The number of aliphatic imine (C=N–C) groups is 1. The molecule has 6 heteroatoms. The number of morpholine rings is 1. The van der Waals surface area contributed by atoms with Crippen LogP contribution in [0.2, 0.25) is 0 Å². The van der Waals surface area contributed by atoms with Crippen LogP contribution in [-0.4, -0.2) is 43.4 Å². The average Bonchev–Trinajstić information content (AvgIpc) is 2.46. The highest BCUT2D eigenvalue weighted by Crippen LogP contribution is 2.22. The maximum atomic E-state index is 6.03. The van der Waals surface area contributed by atoms with Gasteiger partial charge in [-0.2, -0.15) is 0 Å². The fourth-order valence-electron chi connectivity index (χ4n) is 2.04. The Kier molecular flexibility index (Phi) is 7.68. The van der Waals surface area contributed by atoms with Crippen molar-refractivity contribution in [3.63, 3.8) is 0 Å². The molecule has 1 aliphatic rings. The van der Waals surface area contributed by atoms with Crippen LogP contribution in [0, 0.1) is 6.92 Å². The molecule has 1 saturated heterocycles. The van der Waals surface area contributed by atoms with Crippen molar-refractivity contribution in [2.45, 2.75) is 18.4 Å². The third kappa shape index (κ3) is 4.82.